The van der Waals surface area contributed by atoms with Crippen molar-refractivity contribution in [3.63, 3.8) is 0 Å². The maximum atomic E-state index is 13.4. The van der Waals surface area contributed by atoms with Crippen molar-refractivity contribution in [2.45, 2.75) is 19.6 Å². The number of aliphatic hydroxyl groups excluding tert-OH is 1. The van der Waals surface area contributed by atoms with Gasteiger partial charge in [-0.05, 0) is 24.6 Å². The normalized spacial score (nSPS) is 12.7. The van der Waals surface area contributed by atoms with Crippen LogP contribution in [0.4, 0.5) is 8.78 Å². The van der Waals surface area contributed by atoms with Crippen LogP contribution in [0.2, 0.25) is 0 Å². The van der Waals surface area contributed by atoms with E-state index >= 15 is 0 Å². The van der Waals surface area contributed by atoms with Crippen LogP contribution in [0.5, 0.6) is 0 Å². The van der Waals surface area contributed by atoms with E-state index in [1.807, 2.05) is 0 Å². The molecule has 1 aromatic heterocycles. The first-order chi connectivity index (χ1) is 8.06. The lowest BCUT2D eigenvalue weighted by atomic mass is 10.2. The quantitative estimate of drug-likeness (QED) is 0.872. The van der Waals surface area contributed by atoms with Gasteiger partial charge in [0.2, 0.25) is 0 Å². The van der Waals surface area contributed by atoms with Crippen LogP contribution in [0.3, 0.4) is 0 Å². The number of hydrogen-bond donors (Lipinski definition) is 1. The molecule has 0 radical (unpaired) electrons. The van der Waals surface area contributed by atoms with Gasteiger partial charge in [-0.3, -0.25) is 0 Å². The van der Waals surface area contributed by atoms with E-state index in [1.54, 1.807) is 30.0 Å². The topological polar surface area (TPSA) is 25.2 Å². The molecule has 17 heavy (non-hydrogen) atoms. The van der Waals surface area contributed by atoms with Crippen LogP contribution in [0.1, 0.15) is 24.2 Å². The molecule has 0 saturated heterocycles. The maximum Gasteiger partial charge on any atom is 0.131 e. The van der Waals surface area contributed by atoms with Gasteiger partial charge >= 0.3 is 0 Å². The van der Waals surface area contributed by atoms with Crippen LogP contribution < -0.4 is 0 Å². The van der Waals surface area contributed by atoms with E-state index in [2.05, 4.69) is 0 Å². The lowest BCUT2D eigenvalue weighted by Crippen LogP contribution is -2.00. The third-order valence-electron chi connectivity index (χ3n) is 2.62. The van der Waals surface area contributed by atoms with Crippen molar-refractivity contribution in [2.24, 2.45) is 0 Å². The van der Waals surface area contributed by atoms with E-state index in [4.69, 9.17) is 0 Å². The molecule has 0 aliphatic carbocycles. The van der Waals surface area contributed by atoms with Gasteiger partial charge in [0.05, 0.1) is 6.10 Å². The summed E-state index contributed by atoms with van der Waals surface area (Å²) in [6.07, 6.45) is 2.95. The number of nitrogens with zero attached hydrogens (tertiary/aromatic N) is 1. The van der Waals surface area contributed by atoms with Gasteiger partial charge in [-0.1, -0.05) is 6.07 Å². The summed E-state index contributed by atoms with van der Waals surface area (Å²) in [4.78, 5) is 0. The molecule has 1 N–H and O–H groups in total. The van der Waals surface area contributed by atoms with Crippen molar-refractivity contribution >= 4 is 0 Å². The van der Waals surface area contributed by atoms with Gasteiger partial charge in [0.15, 0.2) is 0 Å². The molecule has 0 fully saturated rings. The van der Waals surface area contributed by atoms with E-state index < -0.39 is 17.7 Å². The molecule has 2 nitrogen and oxygen atoms in total. The van der Waals surface area contributed by atoms with Gasteiger partial charge in [0, 0.05) is 30.6 Å². The first kappa shape index (κ1) is 11.8. The smallest absolute Gasteiger partial charge is 0.131 e. The zero-order valence-corrected chi connectivity index (χ0v) is 9.40. The van der Waals surface area contributed by atoms with Gasteiger partial charge in [-0.15, -0.1) is 0 Å². The van der Waals surface area contributed by atoms with Crippen molar-refractivity contribution < 1.29 is 13.9 Å². The van der Waals surface area contributed by atoms with Crippen LogP contribution in [0, 0.1) is 11.6 Å². The second-order valence-electron chi connectivity index (χ2n) is 4.03. The average Bonchev–Trinajstić information content (AvgIpc) is 2.71. The molecule has 1 unspecified atom stereocenters. The Kier molecular flexibility index (Phi) is 3.24. The van der Waals surface area contributed by atoms with Gasteiger partial charge < -0.3 is 9.67 Å². The van der Waals surface area contributed by atoms with Crippen LogP contribution in [0.15, 0.2) is 36.7 Å². The van der Waals surface area contributed by atoms with E-state index in [9.17, 15) is 13.9 Å². The van der Waals surface area contributed by atoms with Crippen molar-refractivity contribution in [2.75, 3.05) is 0 Å². The molecule has 0 aliphatic rings. The second kappa shape index (κ2) is 4.67. The Morgan fingerprint density at radius 1 is 1.29 bits per heavy atom. The van der Waals surface area contributed by atoms with E-state index in [1.165, 1.54) is 12.1 Å². The largest absolute Gasteiger partial charge is 0.389 e. The minimum absolute atomic E-state index is 0.318. The maximum absolute atomic E-state index is 13.4. The van der Waals surface area contributed by atoms with Crippen molar-refractivity contribution in [1.29, 1.82) is 0 Å². The molecular formula is C13H13F2NO. The first-order valence-electron chi connectivity index (χ1n) is 5.34. The standard InChI is InChI=1S/C13H13F2NO/c1-9(17)10-4-5-16(7-10)8-11-2-3-12(14)6-13(11)15/h2-7,9,17H,8H2,1H3. The Bertz CT molecular complexity index is 520. The fourth-order valence-corrected chi connectivity index (χ4v) is 1.65. The number of rotatable bonds is 3. The minimum atomic E-state index is -0.580. The number of aliphatic hydroxyl groups is 1. The third kappa shape index (κ3) is 2.71. The molecule has 1 atom stereocenters. The summed E-state index contributed by atoms with van der Waals surface area (Å²) in [7, 11) is 0. The molecule has 1 aromatic carbocycles. The SMILES string of the molecule is CC(O)c1ccn(Cc2ccc(F)cc2F)c1. The van der Waals surface area contributed by atoms with Gasteiger partial charge in [0.25, 0.3) is 0 Å². The van der Waals surface area contributed by atoms with Gasteiger partial charge in [-0.2, -0.15) is 0 Å². The van der Waals surface area contributed by atoms with Crippen LogP contribution in [-0.4, -0.2) is 9.67 Å². The summed E-state index contributed by atoms with van der Waals surface area (Å²) in [6.45, 7) is 1.98. The Morgan fingerprint density at radius 3 is 2.65 bits per heavy atom. The average molecular weight is 237 g/mol. The molecule has 0 spiro atoms. The molecule has 4 heteroatoms. The lowest BCUT2D eigenvalue weighted by molar-refractivity contribution is 0.199. The summed E-state index contributed by atoms with van der Waals surface area (Å²) in [5.74, 6) is -1.14. The predicted octanol–water partition coefficient (Wildman–Crippen LogP) is 2.87. The number of benzene rings is 1. The molecule has 90 valence electrons. The fraction of sp³-hybridized carbons (Fsp3) is 0.231. The second-order valence-corrected chi connectivity index (χ2v) is 4.03. The van der Waals surface area contributed by atoms with Crippen LogP contribution >= 0.6 is 0 Å². The molecule has 2 rings (SSSR count). The van der Waals surface area contributed by atoms with E-state index in [0.29, 0.717) is 12.1 Å². The zero-order valence-electron chi connectivity index (χ0n) is 9.40. The lowest BCUT2D eigenvalue weighted by Gasteiger charge is -2.05. The molecule has 0 aliphatic heterocycles. The molecule has 0 bridgehead atoms. The third-order valence-corrected chi connectivity index (χ3v) is 2.62. The number of hydrogen-bond acceptors (Lipinski definition) is 1. The Labute approximate surface area is 98.1 Å². The highest BCUT2D eigenvalue weighted by Crippen LogP contribution is 2.15. The summed E-state index contributed by atoms with van der Waals surface area (Å²) < 4.78 is 27.9. The first-order valence-corrected chi connectivity index (χ1v) is 5.34. The minimum Gasteiger partial charge on any atom is -0.389 e. The molecule has 0 saturated carbocycles. The summed E-state index contributed by atoms with van der Waals surface area (Å²) in [5.41, 5.74) is 1.19. The Morgan fingerprint density at radius 2 is 2.06 bits per heavy atom. The molecule has 2 aromatic rings. The highest BCUT2D eigenvalue weighted by Gasteiger charge is 2.06. The van der Waals surface area contributed by atoms with Crippen LogP contribution in [-0.2, 0) is 6.54 Å². The Balaban J connectivity index is 2.19. The van der Waals surface area contributed by atoms with Gasteiger partial charge in [0.1, 0.15) is 11.6 Å². The van der Waals surface area contributed by atoms with Crippen LogP contribution in [0.25, 0.3) is 0 Å². The van der Waals surface area contributed by atoms with Crippen molar-refractivity contribution in [3.05, 3.63) is 59.4 Å². The van der Waals surface area contributed by atoms with E-state index in [-0.39, 0.29) is 0 Å². The predicted molar refractivity (Wildman–Crippen MR) is 60.5 cm³/mol. The highest BCUT2D eigenvalue weighted by molar-refractivity contribution is 5.20. The monoisotopic (exact) mass is 237 g/mol. The summed E-state index contributed by atoms with van der Waals surface area (Å²) in [6, 6.07) is 5.30. The summed E-state index contributed by atoms with van der Waals surface area (Å²) in [5, 5.41) is 9.36. The highest BCUT2D eigenvalue weighted by atomic mass is 19.1. The van der Waals surface area contributed by atoms with Crippen molar-refractivity contribution in [3.8, 4) is 0 Å². The Hall–Kier alpha value is -1.68. The number of halogens is 2. The number of aromatic nitrogens is 1. The molecule has 0 amide bonds. The molecule has 1 heterocycles. The van der Waals surface area contributed by atoms with Crippen molar-refractivity contribution in [1.82, 2.24) is 4.57 Å². The fourth-order valence-electron chi connectivity index (χ4n) is 1.65. The molecular weight excluding hydrogens is 224 g/mol. The van der Waals surface area contributed by atoms with E-state index in [0.717, 1.165) is 11.6 Å². The van der Waals surface area contributed by atoms with Gasteiger partial charge in [-0.25, -0.2) is 8.78 Å². The zero-order chi connectivity index (χ0) is 12.4. The summed E-state index contributed by atoms with van der Waals surface area (Å²) >= 11 is 0.